The largest absolute Gasteiger partial charge is 0.480 e. The Bertz CT molecular complexity index is 151. The molecule has 13 heavy (non-hydrogen) atoms. The van der Waals surface area contributed by atoms with E-state index in [-0.39, 0.29) is 6.54 Å². The first-order chi connectivity index (χ1) is 6.13. The Morgan fingerprint density at radius 3 is 2.46 bits per heavy atom. The summed E-state index contributed by atoms with van der Waals surface area (Å²) in [5, 5.41) is 27.1. The zero-order valence-corrected chi connectivity index (χ0v) is 7.81. The van der Waals surface area contributed by atoms with Crippen molar-refractivity contribution >= 4 is 5.97 Å². The molecular weight excluding hydrogens is 174 g/mol. The van der Waals surface area contributed by atoms with Crippen LogP contribution in [-0.4, -0.2) is 45.6 Å². The number of aliphatic carboxylic acids is 1. The van der Waals surface area contributed by atoms with E-state index in [1.165, 1.54) is 0 Å². The molecule has 3 N–H and O–H groups in total. The molecule has 0 bridgehead atoms. The van der Waals surface area contributed by atoms with Crippen LogP contribution in [0.15, 0.2) is 0 Å². The van der Waals surface area contributed by atoms with Gasteiger partial charge in [-0.15, -0.1) is 0 Å². The van der Waals surface area contributed by atoms with Gasteiger partial charge in [0, 0.05) is 6.54 Å². The number of carbonyl (C=O) groups is 1. The van der Waals surface area contributed by atoms with Crippen molar-refractivity contribution in [3.63, 3.8) is 0 Å². The van der Waals surface area contributed by atoms with E-state index in [0.717, 1.165) is 19.3 Å². The summed E-state index contributed by atoms with van der Waals surface area (Å²) in [4.78, 5) is 10.4. The number of aliphatic hydroxyl groups excluding tert-OH is 1. The predicted octanol–water partition coefficient (Wildman–Crippen LogP) is 0.313. The van der Waals surface area contributed by atoms with Gasteiger partial charge in [0.2, 0.25) is 0 Å². The fraction of sp³-hybridized carbons (Fsp3) is 0.875. The Hall–Kier alpha value is -0.650. The molecule has 1 atom stereocenters. The molecule has 5 nitrogen and oxygen atoms in total. The molecule has 0 aliphatic heterocycles. The Morgan fingerprint density at radius 2 is 2.08 bits per heavy atom. The van der Waals surface area contributed by atoms with Crippen LogP contribution in [0.3, 0.4) is 0 Å². The quantitative estimate of drug-likeness (QED) is 0.398. The van der Waals surface area contributed by atoms with Gasteiger partial charge >= 0.3 is 5.97 Å². The monoisotopic (exact) mass is 191 g/mol. The lowest BCUT2D eigenvalue weighted by Crippen LogP contribution is -2.42. The second-order valence-electron chi connectivity index (χ2n) is 2.91. The maximum Gasteiger partial charge on any atom is 0.325 e. The summed E-state index contributed by atoms with van der Waals surface area (Å²) in [6.45, 7) is 1.73. The van der Waals surface area contributed by atoms with Gasteiger partial charge in [0.05, 0.1) is 6.61 Å². The van der Waals surface area contributed by atoms with Gasteiger partial charge in [-0.2, -0.15) is 5.06 Å². The molecule has 0 aromatic carbocycles. The molecule has 0 saturated carbocycles. The highest BCUT2D eigenvalue weighted by Gasteiger charge is 2.22. The maximum absolute atomic E-state index is 10.4. The van der Waals surface area contributed by atoms with Crippen molar-refractivity contribution in [2.24, 2.45) is 0 Å². The summed E-state index contributed by atoms with van der Waals surface area (Å²) in [7, 11) is 0. The van der Waals surface area contributed by atoms with E-state index in [4.69, 9.17) is 10.2 Å². The number of aliphatic hydroxyl groups is 1. The zero-order valence-electron chi connectivity index (χ0n) is 7.81. The molecule has 0 rings (SSSR count). The molecule has 0 aliphatic rings. The van der Waals surface area contributed by atoms with E-state index < -0.39 is 18.6 Å². The number of unbranched alkanes of at least 4 members (excludes halogenated alkanes) is 2. The third kappa shape index (κ3) is 4.82. The number of carboxylic acid groups (broad SMARTS) is 1. The highest BCUT2D eigenvalue weighted by molar-refractivity contribution is 5.73. The van der Waals surface area contributed by atoms with E-state index in [0.29, 0.717) is 5.06 Å². The molecule has 0 saturated heterocycles. The van der Waals surface area contributed by atoms with Crippen LogP contribution >= 0.6 is 0 Å². The Balaban J connectivity index is 3.77. The van der Waals surface area contributed by atoms with Gasteiger partial charge in [-0.25, -0.2) is 0 Å². The lowest BCUT2D eigenvalue weighted by atomic mass is 10.2. The minimum atomic E-state index is -1.21. The van der Waals surface area contributed by atoms with Crippen LogP contribution < -0.4 is 0 Å². The number of rotatable bonds is 7. The summed E-state index contributed by atoms with van der Waals surface area (Å²) >= 11 is 0. The molecule has 0 aromatic heterocycles. The fourth-order valence-electron chi connectivity index (χ4n) is 0.979. The minimum Gasteiger partial charge on any atom is -0.480 e. The molecule has 0 radical (unpaired) electrons. The van der Waals surface area contributed by atoms with Gasteiger partial charge in [-0.1, -0.05) is 19.8 Å². The first kappa shape index (κ1) is 12.3. The molecule has 0 amide bonds. The molecule has 0 aromatic rings. The number of nitrogens with zero attached hydrogens (tertiary/aromatic N) is 1. The number of hydroxylamine groups is 2. The van der Waals surface area contributed by atoms with Gasteiger partial charge in [-0.05, 0) is 6.42 Å². The van der Waals surface area contributed by atoms with Gasteiger partial charge in [0.1, 0.15) is 0 Å². The van der Waals surface area contributed by atoms with Crippen LogP contribution in [0.2, 0.25) is 0 Å². The van der Waals surface area contributed by atoms with Crippen molar-refractivity contribution in [1.82, 2.24) is 5.06 Å². The average Bonchev–Trinajstić information content (AvgIpc) is 2.05. The second-order valence-corrected chi connectivity index (χ2v) is 2.91. The van der Waals surface area contributed by atoms with E-state index >= 15 is 0 Å². The third-order valence-electron chi connectivity index (χ3n) is 1.81. The van der Waals surface area contributed by atoms with Crippen molar-refractivity contribution in [3.8, 4) is 0 Å². The standard InChI is InChI=1S/C8H17NO4/c1-2-3-4-5-9(13)7(6-10)8(11)12/h7,10,13H,2-6H2,1H3,(H,11,12). The molecule has 0 spiro atoms. The van der Waals surface area contributed by atoms with Crippen LogP contribution in [0.1, 0.15) is 26.2 Å². The van der Waals surface area contributed by atoms with Crippen molar-refractivity contribution in [1.29, 1.82) is 0 Å². The lowest BCUT2D eigenvalue weighted by molar-refractivity contribution is -0.174. The van der Waals surface area contributed by atoms with E-state index in [1.807, 2.05) is 6.92 Å². The normalized spacial score (nSPS) is 13.2. The molecule has 0 fully saturated rings. The molecule has 0 aliphatic carbocycles. The van der Waals surface area contributed by atoms with Gasteiger partial charge in [-0.3, -0.25) is 4.79 Å². The van der Waals surface area contributed by atoms with E-state index in [1.54, 1.807) is 0 Å². The predicted molar refractivity (Wildman–Crippen MR) is 46.5 cm³/mol. The SMILES string of the molecule is CCCCCN(O)C(CO)C(=O)O. The number of hydrogen-bond donors (Lipinski definition) is 3. The van der Waals surface area contributed by atoms with Crippen LogP contribution in [-0.2, 0) is 4.79 Å². The summed E-state index contributed by atoms with van der Waals surface area (Å²) in [6.07, 6.45) is 2.68. The van der Waals surface area contributed by atoms with Gasteiger partial charge in [0.25, 0.3) is 0 Å². The Labute approximate surface area is 77.6 Å². The summed E-state index contributed by atoms with van der Waals surface area (Å²) in [6, 6.07) is -1.20. The average molecular weight is 191 g/mol. The zero-order chi connectivity index (χ0) is 10.3. The van der Waals surface area contributed by atoms with E-state index in [2.05, 4.69) is 0 Å². The first-order valence-corrected chi connectivity index (χ1v) is 4.42. The fourth-order valence-corrected chi connectivity index (χ4v) is 0.979. The molecular formula is C8H17NO4. The maximum atomic E-state index is 10.4. The first-order valence-electron chi connectivity index (χ1n) is 4.42. The van der Waals surface area contributed by atoms with Crippen LogP contribution in [0.5, 0.6) is 0 Å². The number of hydrogen-bond acceptors (Lipinski definition) is 4. The Kier molecular flexibility index (Phi) is 6.48. The van der Waals surface area contributed by atoms with Gasteiger partial charge in [0.15, 0.2) is 6.04 Å². The molecule has 78 valence electrons. The van der Waals surface area contributed by atoms with Crippen LogP contribution in [0, 0.1) is 0 Å². The lowest BCUT2D eigenvalue weighted by Gasteiger charge is -2.20. The summed E-state index contributed by atoms with van der Waals surface area (Å²) < 4.78 is 0. The minimum absolute atomic E-state index is 0.283. The molecule has 0 heterocycles. The Morgan fingerprint density at radius 1 is 1.46 bits per heavy atom. The summed E-state index contributed by atoms with van der Waals surface area (Å²) in [5.41, 5.74) is 0. The van der Waals surface area contributed by atoms with Crippen molar-refractivity contribution < 1.29 is 20.2 Å². The topological polar surface area (TPSA) is 81.0 Å². The van der Waals surface area contributed by atoms with Crippen LogP contribution in [0.25, 0.3) is 0 Å². The van der Waals surface area contributed by atoms with Crippen LogP contribution in [0.4, 0.5) is 0 Å². The smallest absolute Gasteiger partial charge is 0.325 e. The van der Waals surface area contributed by atoms with Crippen molar-refractivity contribution in [2.45, 2.75) is 32.2 Å². The van der Waals surface area contributed by atoms with Crippen molar-refractivity contribution in [3.05, 3.63) is 0 Å². The highest BCUT2D eigenvalue weighted by Crippen LogP contribution is 2.00. The van der Waals surface area contributed by atoms with E-state index in [9.17, 15) is 10.0 Å². The molecule has 1 unspecified atom stereocenters. The van der Waals surface area contributed by atoms with Gasteiger partial charge < -0.3 is 15.4 Å². The summed E-state index contributed by atoms with van der Waals surface area (Å²) in [5.74, 6) is -1.21. The molecule has 5 heteroatoms. The van der Waals surface area contributed by atoms with Crippen molar-refractivity contribution in [2.75, 3.05) is 13.2 Å². The third-order valence-corrected chi connectivity index (χ3v) is 1.81. The number of carboxylic acids is 1. The second kappa shape index (κ2) is 6.82. The highest BCUT2D eigenvalue weighted by atomic mass is 16.5.